The fourth-order valence-electron chi connectivity index (χ4n) is 3.09. The van der Waals surface area contributed by atoms with E-state index in [1.54, 1.807) is 24.3 Å². The molecule has 1 fully saturated rings. The van der Waals surface area contributed by atoms with Gasteiger partial charge in [-0.15, -0.1) is 0 Å². The monoisotopic (exact) mass is 370 g/mol. The fourth-order valence-corrected chi connectivity index (χ4v) is 3.09. The van der Waals surface area contributed by atoms with Gasteiger partial charge < -0.3 is 15.7 Å². The highest BCUT2D eigenvalue weighted by atomic mass is 19.1. The number of nitrogens with one attached hydrogen (secondary N) is 2. The lowest BCUT2D eigenvalue weighted by atomic mass is 9.66. The molecule has 27 heavy (non-hydrogen) atoms. The van der Waals surface area contributed by atoms with E-state index in [0.29, 0.717) is 24.2 Å². The van der Waals surface area contributed by atoms with Crippen LogP contribution in [0.1, 0.15) is 36.0 Å². The van der Waals surface area contributed by atoms with Crippen LogP contribution in [0.4, 0.5) is 15.8 Å². The second kappa shape index (κ2) is 7.57. The van der Waals surface area contributed by atoms with Gasteiger partial charge in [-0.1, -0.05) is 18.6 Å². The van der Waals surface area contributed by atoms with Crippen molar-refractivity contribution in [3.8, 4) is 0 Å². The molecule has 1 saturated carbocycles. The Balaban J connectivity index is 1.65. The van der Waals surface area contributed by atoms with Crippen LogP contribution in [-0.2, 0) is 9.59 Å². The maximum Gasteiger partial charge on any atom is 0.310 e. The van der Waals surface area contributed by atoms with Gasteiger partial charge in [0.15, 0.2) is 0 Å². The summed E-state index contributed by atoms with van der Waals surface area (Å²) in [6, 6.07) is 11.8. The van der Waals surface area contributed by atoms with Gasteiger partial charge in [0.1, 0.15) is 5.82 Å². The summed E-state index contributed by atoms with van der Waals surface area (Å²) in [5.41, 5.74) is 0.0272. The van der Waals surface area contributed by atoms with Crippen molar-refractivity contribution < 1.29 is 23.9 Å². The molecule has 1 aliphatic rings. The van der Waals surface area contributed by atoms with E-state index in [4.69, 9.17) is 0 Å². The number of aliphatic carboxylic acids is 1. The second-order valence-corrected chi connectivity index (χ2v) is 6.71. The molecule has 0 spiro atoms. The molecule has 2 aromatic rings. The van der Waals surface area contributed by atoms with Crippen molar-refractivity contribution in [2.75, 3.05) is 10.6 Å². The molecule has 0 saturated heterocycles. The first kappa shape index (κ1) is 18.6. The van der Waals surface area contributed by atoms with Crippen molar-refractivity contribution in [1.82, 2.24) is 0 Å². The Morgan fingerprint density at radius 3 is 2.26 bits per heavy atom. The maximum absolute atomic E-state index is 13.2. The van der Waals surface area contributed by atoms with Crippen molar-refractivity contribution in [3.05, 3.63) is 59.9 Å². The Morgan fingerprint density at radius 1 is 1.00 bits per heavy atom. The molecule has 0 aliphatic heterocycles. The van der Waals surface area contributed by atoms with Gasteiger partial charge in [0, 0.05) is 23.4 Å². The molecule has 0 unspecified atom stereocenters. The summed E-state index contributed by atoms with van der Waals surface area (Å²) in [6.07, 6.45) is 1.69. The molecule has 0 aromatic heterocycles. The topological polar surface area (TPSA) is 95.5 Å². The summed E-state index contributed by atoms with van der Waals surface area (Å²) >= 11 is 0. The van der Waals surface area contributed by atoms with E-state index in [0.717, 1.165) is 6.42 Å². The molecule has 3 rings (SSSR count). The lowest BCUT2D eigenvalue weighted by Gasteiger charge is -2.36. The Labute approximate surface area is 155 Å². The minimum Gasteiger partial charge on any atom is -0.481 e. The van der Waals surface area contributed by atoms with Crippen molar-refractivity contribution in [2.45, 2.75) is 25.7 Å². The SMILES string of the molecule is O=C(CC1(C(=O)O)CCC1)Nc1cccc(C(=O)Nc2cccc(F)c2)c1. The van der Waals surface area contributed by atoms with Gasteiger partial charge in [0.2, 0.25) is 5.91 Å². The molecule has 0 atom stereocenters. The van der Waals surface area contributed by atoms with Crippen molar-refractivity contribution in [3.63, 3.8) is 0 Å². The number of amides is 2. The molecule has 0 radical (unpaired) electrons. The van der Waals surface area contributed by atoms with E-state index in [2.05, 4.69) is 10.6 Å². The van der Waals surface area contributed by atoms with Gasteiger partial charge in [-0.2, -0.15) is 0 Å². The van der Waals surface area contributed by atoms with Crippen LogP contribution >= 0.6 is 0 Å². The van der Waals surface area contributed by atoms with E-state index in [1.807, 2.05) is 0 Å². The largest absolute Gasteiger partial charge is 0.481 e. The molecule has 2 amide bonds. The van der Waals surface area contributed by atoms with Gasteiger partial charge >= 0.3 is 5.97 Å². The summed E-state index contributed by atoms with van der Waals surface area (Å²) in [5.74, 6) is -2.26. The normalized spacial score (nSPS) is 14.7. The molecule has 1 aliphatic carbocycles. The van der Waals surface area contributed by atoms with E-state index in [1.165, 1.54) is 24.3 Å². The number of carboxylic acids is 1. The number of anilines is 2. The highest BCUT2D eigenvalue weighted by Gasteiger charge is 2.45. The number of carbonyl (C=O) groups is 3. The van der Waals surface area contributed by atoms with Gasteiger partial charge in [0.25, 0.3) is 5.91 Å². The van der Waals surface area contributed by atoms with Gasteiger partial charge in [-0.25, -0.2) is 4.39 Å². The Kier molecular flexibility index (Phi) is 5.21. The molecule has 7 heteroatoms. The smallest absolute Gasteiger partial charge is 0.310 e. The van der Waals surface area contributed by atoms with E-state index in [-0.39, 0.29) is 12.0 Å². The first-order valence-electron chi connectivity index (χ1n) is 8.58. The van der Waals surface area contributed by atoms with Crippen LogP contribution in [0.3, 0.4) is 0 Å². The van der Waals surface area contributed by atoms with Crippen LogP contribution in [0.2, 0.25) is 0 Å². The van der Waals surface area contributed by atoms with Crippen molar-refractivity contribution in [2.24, 2.45) is 5.41 Å². The molecule has 6 nitrogen and oxygen atoms in total. The zero-order valence-corrected chi connectivity index (χ0v) is 14.5. The average molecular weight is 370 g/mol. The Bertz CT molecular complexity index is 893. The highest BCUT2D eigenvalue weighted by Crippen LogP contribution is 2.44. The van der Waals surface area contributed by atoms with Gasteiger partial charge in [-0.05, 0) is 49.2 Å². The minimum atomic E-state index is -0.976. The highest BCUT2D eigenvalue weighted by molar-refractivity contribution is 6.05. The predicted molar refractivity (Wildman–Crippen MR) is 98.0 cm³/mol. The number of benzene rings is 2. The minimum absolute atomic E-state index is 0.0952. The zero-order valence-electron chi connectivity index (χ0n) is 14.5. The average Bonchev–Trinajstić information content (AvgIpc) is 2.58. The van der Waals surface area contributed by atoms with E-state index in [9.17, 15) is 23.9 Å². The Morgan fingerprint density at radius 2 is 1.67 bits per heavy atom. The zero-order chi connectivity index (χ0) is 19.4. The van der Waals surface area contributed by atoms with E-state index < -0.39 is 29.0 Å². The Hall–Kier alpha value is -3.22. The number of carboxylic acid groups (broad SMARTS) is 1. The van der Waals surface area contributed by atoms with Crippen LogP contribution in [0.25, 0.3) is 0 Å². The van der Waals surface area contributed by atoms with Gasteiger partial charge in [0.05, 0.1) is 5.41 Å². The van der Waals surface area contributed by atoms with Crippen LogP contribution in [0, 0.1) is 11.2 Å². The third-order valence-corrected chi connectivity index (χ3v) is 4.75. The number of rotatable bonds is 6. The number of carbonyl (C=O) groups excluding carboxylic acids is 2. The third kappa shape index (κ3) is 4.31. The van der Waals surface area contributed by atoms with E-state index >= 15 is 0 Å². The van der Waals surface area contributed by atoms with Crippen LogP contribution in [0.15, 0.2) is 48.5 Å². The third-order valence-electron chi connectivity index (χ3n) is 4.75. The van der Waals surface area contributed by atoms with Crippen molar-refractivity contribution >= 4 is 29.2 Å². The molecular formula is C20H19FN2O4. The summed E-state index contributed by atoms with van der Waals surface area (Å²) in [5, 5.41) is 14.5. The molecule has 140 valence electrons. The standard InChI is InChI=1S/C20H19FN2O4/c21-14-5-2-7-16(11-14)23-18(25)13-4-1-6-15(10-13)22-17(24)12-20(19(26)27)8-3-9-20/h1-2,4-7,10-11H,3,8-9,12H2,(H,22,24)(H,23,25)(H,26,27). The number of hydrogen-bond donors (Lipinski definition) is 3. The summed E-state index contributed by atoms with van der Waals surface area (Å²) < 4.78 is 13.2. The van der Waals surface area contributed by atoms with Crippen LogP contribution < -0.4 is 10.6 Å². The summed E-state index contributed by atoms with van der Waals surface area (Å²) in [7, 11) is 0. The summed E-state index contributed by atoms with van der Waals surface area (Å²) in [4.78, 5) is 35.9. The number of halogens is 1. The molecule has 2 aromatic carbocycles. The molecular weight excluding hydrogens is 351 g/mol. The van der Waals surface area contributed by atoms with Gasteiger partial charge in [-0.3, -0.25) is 14.4 Å². The fraction of sp³-hybridized carbons (Fsp3) is 0.250. The maximum atomic E-state index is 13.2. The predicted octanol–water partition coefficient (Wildman–Crippen LogP) is 3.66. The molecule has 0 bridgehead atoms. The first-order valence-corrected chi connectivity index (χ1v) is 8.58. The number of hydrogen-bond acceptors (Lipinski definition) is 3. The molecule has 3 N–H and O–H groups in total. The summed E-state index contributed by atoms with van der Waals surface area (Å²) in [6.45, 7) is 0. The second-order valence-electron chi connectivity index (χ2n) is 6.71. The quantitative estimate of drug-likeness (QED) is 0.723. The lowest BCUT2D eigenvalue weighted by molar-refractivity contribution is -0.157. The van der Waals surface area contributed by atoms with Crippen molar-refractivity contribution in [1.29, 1.82) is 0 Å². The van der Waals surface area contributed by atoms with Crippen LogP contribution in [-0.4, -0.2) is 22.9 Å². The lowest BCUT2D eigenvalue weighted by Crippen LogP contribution is -2.41. The van der Waals surface area contributed by atoms with Crippen LogP contribution in [0.5, 0.6) is 0 Å². The molecule has 0 heterocycles. The first-order chi connectivity index (χ1) is 12.9.